The van der Waals surface area contributed by atoms with Gasteiger partial charge < -0.3 is 9.64 Å². The average molecular weight is 130 g/mol. The van der Waals surface area contributed by atoms with Gasteiger partial charge in [0.1, 0.15) is 0 Å². The fraction of sp³-hybridized carbons (Fsp3) is 0.833. The van der Waals surface area contributed by atoms with Crippen LogP contribution < -0.4 is 0 Å². The maximum Gasteiger partial charge on any atom is 0.286 e. The van der Waals surface area contributed by atoms with Crippen molar-refractivity contribution in [1.29, 1.82) is 0 Å². The van der Waals surface area contributed by atoms with Gasteiger partial charge in [-0.2, -0.15) is 0 Å². The lowest BCUT2D eigenvalue weighted by Gasteiger charge is -2.13. The maximum absolute atomic E-state index is 5.13. The Balaban J connectivity index is 3.70. The molecule has 0 unspecified atom stereocenters. The van der Waals surface area contributed by atoms with Crippen LogP contribution in [0.1, 0.15) is 6.92 Å². The number of ether oxygens (including phenoxy) is 1. The van der Waals surface area contributed by atoms with Crippen LogP contribution in [0.4, 0.5) is 0 Å². The molecule has 0 aliphatic heterocycles. The molecule has 0 aromatic rings. The number of nitrogens with zero attached hydrogens (tertiary/aromatic N) is 2. The van der Waals surface area contributed by atoms with E-state index in [0.717, 1.165) is 0 Å². The lowest BCUT2D eigenvalue weighted by Crippen LogP contribution is -2.24. The third-order valence-electron chi connectivity index (χ3n) is 0.847. The first-order valence-electron chi connectivity index (χ1n) is 2.99. The Bertz CT molecular complexity index is 99.2. The molecule has 0 radical (unpaired) electrons. The molecule has 0 fully saturated rings. The lowest BCUT2D eigenvalue weighted by atomic mass is 10.8. The van der Waals surface area contributed by atoms with Crippen LogP contribution in [0.3, 0.4) is 0 Å². The van der Waals surface area contributed by atoms with E-state index in [0.29, 0.717) is 12.6 Å². The van der Waals surface area contributed by atoms with Crippen molar-refractivity contribution in [3.05, 3.63) is 0 Å². The van der Waals surface area contributed by atoms with E-state index in [1.807, 2.05) is 25.9 Å². The molecule has 3 heteroatoms. The fourth-order valence-electron chi connectivity index (χ4n) is 0.523. The molecular weight excluding hydrogens is 116 g/mol. The number of rotatable bonds is 1. The van der Waals surface area contributed by atoms with Gasteiger partial charge in [0.15, 0.2) is 0 Å². The van der Waals surface area contributed by atoms with Gasteiger partial charge in [0.25, 0.3) is 6.02 Å². The van der Waals surface area contributed by atoms with Crippen LogP contribution in [0.15, 0.2) is 4.99 Å². The first-order valence-corrected chi connectivity index (χ1v) is 2.99. The monoisotopic (exact) mass is 130 g/mol. The maximum atomic E-state index is 5.13. The summed E-state index contributed by atoms with van der Waals surface area (Å²) in [6.07, 6.45) is 0. The van der Waals surface area contributed by atoms with Crippen molar-refractivity contribution in [2.75, 3.05) is 27.7 Å². The number of hydrogen-bond donors (Lipinski definition) is 0. The summed E-state index contributed by atoms with van der Waals surface area (Å²) in [5.41, 5.74) is 0. The van der Waals surface area contributed by atoms with Gasteiger partial charge in [0.05, 0.1) is 6.61 Å². The van der Waals surface area contributed by atoms with Gasteiger partial charge in [-0.25, -0.2) is 4.99 Å². The summed E-state index contributed by atoms with van der Waals surface area (Å²) in [6.45, 7) is 2.61. The van der Waals surface area contributed by atoms with Gasteiger partial charge in [-0.05, 0) is 6.92 Å². The number of hydrogen-bond acceptors (Lipinski definition) is 2. The SMILES string of the molecule is CCOC(=NC)N(C)C. The van der Waals surface area contributed by atoms with E-state index in [4.69, 9.17) is 4.74 Å². The van der Waals surface area contributed by atoms with Crippen molar-refractivity contribution in [2.45, 2.75) is 6.92 Å². The molecule has 3 nitrogen and oxygen atoms in total. The van der Waals surface area contributed by atoms with Crippen molar-refractivity contribution >= 4 is 6.02 Å². The summed E-state index contributed by atoms with van der Waals surface area (Å²) in [5.74, 6) is 0. The molecule has 0 amide bonds. The van der Waals surface area contributed by atoms with Crippen LogP contribution in [-0.4, -0.2) is 38.7 Å². The predicted octanol–water partition coefficient (Wildman–Crippen LogP) is 0.570. The average Bonchev–Trinajstić information content (AvgIpc) is 1.82. The normalized spacial score (nSPS) is 11.3. The lowest BCUT2D eigenvalue weighted by molar-refractivity contribution is 0.274. The number of aliphatic imine (C=N–C) groups is 1. The van der Waals surface area contributed by atoms with E-state index >= 15 is 0 Å². The van der Waals surface area contributed by atoms with Crippen molar-refractivity contribution in [1.82, 2.24) is 4.90 Å². The van der Waals surface area contributed by atoms with Crippen molar-refractivity contribution < 1.29 is 4.74 Å². The van der Waals surface area contributed by atoms with E-state index < -0.39 is 0 Å². The third-order valence-corrected chi connectivity index (χ3v) is 0.847. The predicted molar refractivity (Wildman–Crippen MR) is 38.7 cm³/mol. The number of amidine groups is 1. The highest BCUT2D eigenvalue weighted by Crippen LogP contribution is 1.84. The molecule has 0 atom stereocenters. The second-order valence-corrected chi connectivity index (χ2v) is 1.83. The Labute approximate surface area is 56.3 Å². The smallest absolute Gasteiger partial charge is 0.286 e. The zero-order chi connectivity index (χ0) is 7.28. The summed E-state index contributed by atoms with van der Waals surface area (Å²) in [5, 5.41) is 0. The van der Waals surface area contributed by atoms with E-state index in [9.17, 15) is 0 Å². The zero-order valence-electron chi connectivity index (χ0n) is 6.51. The second-order valence-electron chi connectivity index (χ2n) is 1.83. The molecule has 0 aromatic heterocycles. The van der Waals surface area contributed by atoms with Crippen LogP contribution in [0.5, 0.6) is 0 Å². The molecule has 0 saturated heterocycles. The highest BCUT2D eigenvalue weighted by Gasteiger charge is 1.97. The quantitative estimate of drug-likeness (QED) is 0.383. The van der Waals surface area contributed by atoms with Gasteiger partial charge >= 0.3 is 0 Å². The molecule has 0 aromatic carbocycles. The molecular formula is C6H14N2O. The minimum Gasteiger partial charge on any atom is -0.465 e. The highest BCUT2D eigenvalue weighted by molar-refractivity contribution is 5.72. The van der Waals surface area contributed by atoms with Gasteiger partial charge in [-0.3, -0.25) is 0 Å². The highest BCUT2D eigenvalue weighted by atomic mass is 16.5. The second kappa shape index (κ2) is 4.18. The van der Waals surface area contributed by atoms with E-state index in [2.05, 4.69) is 4.99 Å². The molecule has 0 bridgehead atoms. The first-order chi connectivity index (χ1) is 4.22. The molecule has 0 heterocycles. The Morgan fingerprint density at radius 1 is 1.56 bits per heavy atom. The van der Waals surface area contributed by atoms with Crippen LogP contribution >= 0.6 is 0 Å². The molecule has 0 saturated carbocycles. The Morgan fingerprint density at radius 3 is 2.22 bits per heavy atom. The minimum absolute atomic E-state index is 0.671. The Hall–Kier alpha value is -0.730. The molecule has 9 heavy (non-hydrogen) atoms. The van der Waals surface area contributed by atoms with Crippen molar-refractivity contribution in [2.24, 2.45) is 4.99 Å². The molecule has 0 spiro atoms. The van der Waals surface area contributed by atoms with Crippen LogP contribution in [0.25, 0.3) is 0 Å². The zero-order valence-corrected chi connectivity index (χ0v) is 6.51. The molecule has 0 aliphatic rings. The largest absolute Gasteiger partial charge is 0.465 e. The van der Waals surface area contributed by atoms with Crippen LogP contribution in [0, 0.1) is 0 Å². The van der Waals surface area contributed by atoms with Crippen LogP contribution in [-0.2, 0) is 4.74 Å². The van der Waals surface area contributed by atoms with Gasteiger partial charge in [-0.15, -0.1) is 0 Å². The molecule has 0 N–H and O–H groups in total. The van der Waals surface area contributed by atoms with Gasteiger partial charge in [0.2, 0.25) is 0 Å². The summed E-state index contributed by atoms with van der Waals surface area (Å²) >= 11 is 0. The third kappa shape index (κ3) is 2.95. The summed E-state index contributed by atoms with van der Waals surface area (Å²) < 4.78 is 5.13. The summed E-state index contributed by atoms with van der Waals surface area (Å²) in [7, 11) is 5.51. The topological polar surface area (TPSA) is 24.8 Å². The van der Waals surface area contributed by atoms with Crippen molar-refractivity contribution in [3.63, 3.8) is 0 Å². The summed E-state index contributed by atoms with van der Waals surface area (Å²) in [4.78, 5) is 5.73. The van der Waals surface area contributed by atoms with Gasteiger partial charge in [-0.1, -0.05) is 0 Å². The minimum atomic E-state index is 0.671. The van der Waals surface area contributed by atoms with E-state index in [-0.39, 0.29) is 0 Å². The molecule has 54 valence electrons. The first kappa shape index (κ1) is 8.27. The summed E-state index contributed by atoms with van der Waals surface area (Å²) in [6, 6.07) is 0.678. The standard InChI is InChI=1S/C6H14N2O/c1-5-9-6(7-2)8(3)4/h5H2,1-4H3. The van der Waals surface area contributed by atoms with E-state index in [1.165, 1.54) is 0 Å². The Kier molecular flexibility index (Phi) is 3.84. The van der Waals surface area contributed by atoms with E-state index in [1.54, 1.807) is 7.05 Å². The van der Waals surface area contributed by atoms with Gasteiger partial charge in [0, 0.05) is 21.1 Å². The van der Waals surface area contributed by atoms with Crippen LogP contribution in [0.2, 0.25) is 0 Å². The molecule has 0 rings (SSSR count). The van der Waals surface area contributed by atoms with Crippen molar-refractivity contribution in [3.8, 4) is 0 Å². The fourth-order valence-corrected chi connectivity index (χ4v) is 0.523. The Morgan fingerprint density at radius 2 is 2.11 bits per heavy atom. The molecule has 0 aliphatic carbocycles.